The van der Waals surface area contributed by atoms with Crippen molar-refractivity contribution in [2.24, 2.45) is 28.9 Å². The van der Waals surface area contributed by atoms with E-state index in [2.05, 4.69) is 16.9 Å². The Morgan fingerprint density at radius 2 is 1.60 bits per heavy atom. The molecule has 5 rings (SSSR count). The molecule has 4 bridgehead atoms. The summed E-state index contributed by atoms with van der Waals surface area (Å²) in [6.45, 7) is 2.17. The van der Waals surface area contributed by atoms with Gasteiger partial charge in [-0.05, 0) is 75.0 Å². The van der Waals surface area contributed by atoms with Gasteiger partial charge in [0.25, 0.3) is 0 Å². The van der Waals surface area contributed by atoms with Crippen molar-refractivity contribution in [2.75, 3.05) is 0 Å². The van der Waals surface area contributed by atoms with Gasteiger partial charge in [-0.2, -0.15) is 0 Å². The Labute approximate surface area is 121 Å². The minimum Gasteiger partial charge on any atom is -0.322 e. The highest BCUT2D eigenvalue weighted by Gasteiger charge is 2.52. The second-order valence-corrected chi connectivity index (χ2v) is 8.14. The van der Waals surface area contributed by atoms with Crippen LogP contribution in [-0.4, -0.2) is 9.97 Å². The van der Waals surface area contributed by atoms with Gasteiger partial charge in [-0.1, -0.05) is 0 Å². The van der Waals surface area contributed by atoms with E-state index < -0.39 is 0 Å². The lowest BCUT2D eigenvalue weighted by molar-refractivity contribution is -0.0674. The summed E-state index contributed by atoms with van der Waals surface area (Å²) < 4.78 is 0. The number of hydrogen-bond acceptors (Lipinski definition) is 3. The van der Waals surface area contributed by atoms with Crippen molar-refractivity contribution in [3.8, 4) is 0 Å². The first kappa shape index (κ1) is 12.8. The van der Waals surface area contributed by atoms with Crippen molar-refractivity contribution in [3.05, 3.63) is 24.3 Å². The molecule has 0 aromatic carbocycles. The summed E-state index contributed by atoms with van der Waals surface area (Å²) in [5.74, 6) is 2.97. The van der Waals surface area contributed by atoms with Crippen molar-refractivity contribution >= 4 is 0 Å². The first-order valence-electron chi connectivity index (χ1n) is 8.09. The fraction of sp³-hybridized carbons (Fsp3) is 0.765. The maximum Gasteiger partial charge on any atom is 0.115 e. The molecule has 3 heteroatoms. The second-order valence-electron chi connectivity index (χ2n) is 8.14. The van der Waals surface area contributed by atoms with Crippen LogP contribution in [0, 0.1) is 23.2 Å². The van der Waals surface area contributed by atoms with Crippen molar-refractivity contribution < 1.29 is 0 Å². The van der Waals surface area contributed by atoms with Crippen LogP contribution in [-0.2, 0) is 5.54 Å². The molecule has 1 atom stereocenters. The smallest absolute Gasteiger partial charge is 0.115 e. The van der Waals surface area contributed by atoms with E-state index in [4.69, 9.17) is 5.73 Å². The van der Waals surface area contributed by atoms with Crippen LogP contribution in [0.2, 0.25) is 0 Å². The first-order valence-corrected chi connectivity index (χ1v) is 8.09. The molecule has 0 spiro atoms. The van der Waals surface area contributed by atoms with Gasteiger partial charge in [-0.15, -0.1) is 0 Å². The SMILES string of the molecule is CC(N)(CC12CC3CC(CC(C3)C1)C2)c1cncnc1. The van der Waals surface area contributed by atoms with Crippen LogP contribution >= 0.6 is 0 Å². The first-order chi connectivity index (χ1) is 9.55. The Kier molecular flexibility index (Phi) is 2.72. The Balaban J connectivity index is 1.59. The van der Waals surface area contributed by atoms with E-state index in [0.29, 0.717) is 5.41 Å². The molecule has 20 heavy (non-hydrogen) atoms. The predicted molar refractivity (Wildman–Crippen MR) is 78.8 cm³/mol. The molecule has 108 valence electrons. The molecular weight excluding hydrogens is 246 g/mol. The standard InChI is InChI=1S/C17H25N3/c1-16(18,15-8-19-11-20-9-15)10-17-5-12-2-13(6-17)4-14(3-12)7-17/h8-9,11-14H,2-7,10,18H2,1H3. The number of hydrogen-bond donors (Lipinski definition) is 1. The van der Waals surface area contributed by atoms with Gasteiger partial charge in [0.15, 0.2) is 0 Å². The molecule has 1 heterocycles. The van der Waals surface area contributed by atoms with E-state index in [9.17, 15) is 0 Å². The van der Waals surface area contributed by atoms with Gasteiger partial charge in [-0.3, -0.25) is 0 Å². The molecule has 1 aromatic heterocycles. The number of aromatic nitrogens is 2. The van der Waals surface area contributed by atoms with Crippen LogP contribution in [0.3, 0.4) is 0 Å². The van der Waals surface area contributed by atoms with Crippen LogP contribution < -0.4 is 5.73 Å². The minimum absolute atomic E-state index is 0.285. The highest BCUT2D eigenvalue weighted by Crippen LogP contribution is 2.62. The van der Waals surface area contributed by atoms with E-state index in [0.717, 1.165) is 29.7 Å². The van der Waals surface area contributed by atoms with E-state index in [1.165, 1.54) is 38.5 Å². The van der Waals surface area contributed by atoms with Gasteiger partial charge in [0.05, 0.1) is 0 Å². The summed E-state index contributed by atoms with van der Waals surface area (Å²) in [4.78, 5) is 8.31. The summed E-state index contributed by atoms with van der Waals surface area (Å²) in [5.41, 5.74) is 8.00. The second kappa shape index (κ2) is 4.27. The third-order valence-corrected chi connectivity index (χ3v) is 6.13. The molecule has 4 saturated carbocycles. The normalized spacial score (nSPS) is 41.6. The van der Waals surface area contributed by atoms with Crippen molar-refractivity contribution in [1.82, 2.24) is 9.97 Å². The van der Waals surface area contributed by atoms with Crippen molar-refractivity contribution in [3.63, 3.8) is 0 Å². The molecule has 1 unspecified atom stereocenters. The zero-order valence-electron chi connectivity index (χ0n) is 12.4. The molecule has 0 aliphatic heterocycles. The zero-order valence-corrected chi connectivity index (χ0v) is 12.4. The van der Waals surface area contributed by atoms with Gasteiger partial charge < -0.3 is 5.73 Å². The largest absolute Gasteiger partial charge is 0.322 e. The van der Waals surface area contributed by atoms with E-state index in [-0.39, 0.29) is 5.54 Å². The fourth-order valence-electron chi connectivity index (χ4n) is 5.98. The maximum absolute atomic E-state index is 6.68. The summed E-state index contributed by atoms with van der Waals surface area (Å²) in [7, 11) is 0. The summed E-state index contributed by atoms with van der Waals surface area (Å²) in [6.07, 6.45) is 15.2. The molecule has 1 aromatic rings. The van der Waals surface area contributed by atoms with E-state index >= 15 is 0 Å². The summed E-state index contributed by atoms with van der Waals surface area (Å²) >= 11 is 0. The minimum atomic E-state index is -0.285. The molecule has 0 radical (unpaired) electrons. The molecule has 3 nitrogen and oxygen atoms in total. The monoisotopic (exact) mass is 271 g/mol. The molecule has 4 fully saturated rings. The van der Waals surface area contributed by atoms with Gasteiger partial charge in [0.1, 0.15) is 6.33 Å². The van der Waals surface area contributed by atoms with Crippen molar-refractivity contribution in [2.45, 2.75) is 57.4 Å². The average Bonchev–Trinajstić information content (AvgIpc) is 2.36. The van der Waals surface area contributed by atoms with Crippen LogP contribution in [0.25, 0.3) is 0 Å². The highest BCUT2D eigenvalue weighted by molar-refractivity contribution is 5.17. The Hall–Kier alpha value is -0.960. The molecular formula is C17H25N3. The third kappa shape index (κ3) is 2.07. The van der Waals surface area contributed by atoms with Crippen LogP contribution in [0.1, 0.15) is 57.4 Å². The van der Waals surface area contributed by atoms with Gasteiger partial charge in [0, 0.05) is 23.5 Å². The molecule has 2 N–H and O–H groups in total. The summed E-state index contributed by atoms with van der Waals surface area (Å²) in [6, 6.07) is 0. The maximum atomic E-state index is 6.68. The van der Waals surface area contributed by atoms with Crippen LogP contribution in [0.4, 0.5) is 0 Å². The lowest BCUT2D eigenvalue weighted by Gasteiger charge is -2.58. The fourth-order valence-corrected chi connectivity index (χ4v) is 5.98. The Morgan fingerprint density at radius 1 is 1.10 bits per heavy atom. The lowest BCUT2D eigenvalue weighted by Crippen LogP contribution is -2.50. The third-order valence-electron chi connectivity index (χ3n) is 6.13. The van der Waals surface area contributed by atoms with Gasteiger partial charge in [0.2, 0.25) is 0 Å². The Morgan fingerprint density at radius 3 is 2.10 bits per heavy atom. The highest BCUT2D eigenvalue weighted by atomic mass is 14.8. The molecule has 0 amide bonds. The molecule has 0 saturated heterocycles. The molecule has 4 aliphatic carbocycles. The number of nitrogens with zero attached hydrogens (tertiary/aromatic N) is 2. The van der Waals surface area contributed by atoms with Gasteiger partial charge in [-0.25, -0.2) is 9.97 Å². The topological polar surface area (TPSA) is 51.8 Å². The number of rotatable bonds is 3. The predicted octanol–water partition coefficient (Wildman–Crippen LogP) is 3.26. The van der Waals surface area contributed by atoms with Crippen molar-refractivity contribution in [1.29, 1.82) is 0 Å². The zero-order chi connectivity index (χ0) is 13.8. The van der Waals surface area contributed by atoms with E-state index in [1.54, 1.807) is 6.33 Å². The Bertz CT molecular complexity index is 459. The average molecular weight is 271 g/mol. The van der Waals surface area contributed by atoms with Gasteiger partial charge >= 0.3 is 0 Å². The van der Waals surface area contributed by atoms with Crippen LogP contribution in [0.15, 0.2) is 18.7 Å². The van der Waals surface area contributed by atoms with E-state index in [1.807, 2.05) is 12.4 Å². The quantitative estimate of drug-likeness (QED) is 0.918. The van der Waals surface area contributed by atoms with Crippen LogP contribution in [0.5, 0.6) is 0 Å². The number of nitrogens with two attached hydrogens (primary N) is 1. The molecule has 4 aliphatic rings. The summed E-state index contributed by atoms with van der Waals surface area (Å²) in [5, 5.41) is 0. The lowest BCUT2D eigenvalue weighted by atomic mass is 9.47.